The van der Waals surface area contributed by atoms with Gasteiger partial charge in [-0.2, -0.15) is 0 Å². The molecule has 0 saturated carbocycles. The number of nitrogens with zero attached hydrogens (tertiary/aromatic N) is 2. The second kappa shape index (κ2) is 7.40. The number of para-hydroxylation sites is 1. The van der Waals surface area contributed by atoms with Crippen LogP contribution in [0.25, 0.3) is 0 Å². The van der Waals surface area contributed by atoms with E-state index in [2.05, 4.69) is 21.7 Å². The van der Waals surface area contributed by atoms with Crippen LogP contribution in [0.3, 0.4) is 0 Å². The predicted octanol–water partition coefficient (Wildman–Crippen LogP) is 0.191. The second-order valence-electron chi connectivity index (χ2n) is 6.00. The topological polar surface area (TPSA) is 83.0 Å². The number of fused-ring (bicyclic) bond motifs is 1. The number of rotatable bonds is 5. The number of nitrogens with one attached hydrogen (secondary N) is 2. The minimum atomic E-state index is -3.03. The molecule has 0 aliphatic carbocycles. The maximum atomic E-state index is 11.8. The molecule has 0 radical (unpaired) electrons. The van der Waals surface area contributed by atoms with E-state index in [-0.39, 0.29) is 11.9 Å². The van der Waals surface area contributed by atoms with E-state index in [1.165, 1.54) is 9.87 Å². The van der Waals surface area contributed by atoms with E-state index >= 15 is 0 Å². The van der Waals surface area contributed by atoms with Gasteiger partial charge < -0.3 is 15.4 Å². The van der Waals surface area contributed by atoms with E-state index in [0.29, 0.717) is 32.1 Å². The fourth-order valence-corrected chi connectivity index (χ4v) is 4.57. The van der Waals surface area contributed by atoms with Crippen molar-refractivity contribution in [3.63, 3.8) is 0 Å². The van der Waals surface area contributed by atoms with Gasteiger partial charge in [-0.05, 0) is 18.1 Å². The third-order valence-electron chi connectivity index (χ3n) is 4.29. The van der Waals surface area contributed by atoms with Gasteiger partial charge in [0.15, 0.2) is 5.96 Å². The molecule has 2 aliphatic heterocycles. The van der Waals surface area contributed by atoms with Crippen molar-refractivity contribution in [3.05, 3.63) is 29.8 Å². The summed E-state index contributed by atoms with van der Waals surface area (Å²) < 4.78 is 30.9. The van der Waals surface area contributed by atoms with Crippen molar-refractivity contribution >= 4 is 16.0 Å². The summed E-state index contributed by atoms with van der Waals surface area (Å²) in [6, 6.07) is 8.06. The number of sulfonamides is 1. The van der Waals surface area contributed by atoms with Crippen LogP contribution in [0, 0.1) is 0 Å². The molecule has 0 bridgehead atoms. The van der Waals surface area contributed by atoms with Gasteiger partial charge in [0.2, 0.25) is 10.0 Å². The summed E-state index contributed by atoms with van der Waals surface area (Å²) in [5.41, 5.74) is 1.23. The summed E-state index contributed by atoms with van der Waals surface area (Å²) in [5, 5.41) is 6.39. The Hall–Kier alpha value is -1.80. The lowest BCUT2D eigenvalue weighted by molar-refractivity contribution is 0.235. The van der Waals surface area contributed by atoms with Gasteiger partial charge in [-0.25, -0.2) is 12.7 Å². The van der Waals surface area contributed by atoms with Crippen LogP contribution in [-0.4, -0.2) is 63.8 Å². The highest BCUT2D eigenvalue weighted by molar-refractivity contribution is 7.89. The van der Waals surface area contributed by atoms with Crippen LogP contribution in [0.15, 0.2) is 29.3 Å². The van der Waals surface area contributed by atoms with Crippen molar-refractivity contribution in [1.29, 1.82) is 0 Å². The predicted molar refractivity (Wildman–Crippen MR) is 93.9 cm³/mol. The highest BCUT2D eigenvalue weighted by Crippen LogP contribution is 2.27. The molecule has 3 rings (SSSR count). The van der Waals surface area contributed by atoms with Crippen molar-refractivity contribution in [3.8, 4) is 5.75 Å². The van der Waals surface area contributed by atoms with Gasteiger partial charge in [0.25, 0.3) is 0 Å². The van der Waals surface area contributed by atoms with E-state index in [1.807, 2.05) is 18.2 Å². The Labute approximate surface area is 143 Å². The van der Waals surface area contributed by atoms with Crippen LogP contribution in [0.1, 0.15) is 12.0 Å². The molecule has 132 valence electrons. The van der Waals surface area contributed by atoms with Crippen molar-refractivity contribution in [2.45, 2.75) is 18.9 Å². The largest absolute Gasteiger partial charge is 0.488 e. The zero-order valence-corrected chi connectivity index (χ0v) is 14.7. The van der Waals surface area contributed by atoms with Crippen molar-refractivity contribution in [2.75, 3.05) is 39.0 Å². The molecule has 1 fully saturated rings. The Morgan fingerprint density at radius 2 is 2.21 bits per heavy atom. The van der Waals surface area contributed by atoms with E-state index in [9.17, 15) is 8.42 Å². The first-order valence-electron chi connectivity index (χ1n) is 8.25. The number of guanidine groups is 1. The monoisotopic (exact) mass is 352 g/mol. The van der Waals surface area contributed by atoms with Crippen LogP contribution in [0.4, 0.5) is 0 Å². The molecule has 8 heteroatoms. The summed E-state index contributed by atoms with van der Waals surface area (Å²) in [6.45, 7) is 2.26. The summed E-state index contributed by atoms with van der Waals surface area (Å²) in [4.78, 5) is 4.17. The van der Waals surface area contributed by atoms with Gasteiger partial charge in [-0.3, -0.25) is 4.99 Å². The molecule has 0 aromatic heterocycles. The highest BCUT2D eigenvalue weighted by atomic mass is 32.2. The molecular weight excluding hydrogens is 328 g/mol. The van der Waals surface area contributed by atoms with E-state index in [0.717, 1.165) is 18.6 Å². The Kier molecular flexibility index (Phi) is 5.25. The van der Waals surface area contributed by atoms with Gasteiger partial charge in [-0.15, -0.1) is 0 Å². The van der Waals surface area contributed by atoms with Crippen LogP contribution in [-0.2, 0) is 16.4 Å². The maximum absolute atomic E-state index is 11.8. The Morgan fingerprint density at radius 3 is 2.92 bits per heavy atom. The molecule has 0 amide bonds. The molecule has 24 heavy (non-hydrogen) atoms. The zero-order chi connectivity index (χ0) is 17.0. The smallest absolute Gasteiger partial charge is 0.214 e. The first kappa shape index (κ1) is 17.0. The first-order chi connectivity index (χ1) is 11.6. The zero-order valence-electron chi connectivity index (χ0n) is 13.9. The van der Waals surface area contributed by atoms with Gasteiger partial charge >= 0.3 is 0 Å². The first-order valence-corrected chi connectivity index (χ1v) is 9.86. The minimum Gasteiger partial charge on any atom is -0.488 e. The fraction of sp³-hybridized carbons (Fsp3) is 0.562. The highest BCUT2D eigenvalue weighted by Gasteiger charge is 2.27. The van der Waals surface area contributed by atoms with Crippen LogP contribution < -0.4 is 15.4 Å². The molecule has 2 heterocycles. The Balaban J connectivity index is 1.40. The van der Waals surface area contributed by atoms with Crippen molar-refractivity contribution in [2.24, 2.45) is 4.99 Å². The fourth-order valence-electron chi connectivity index (χ4n) is 3.04. The van der Waals surface area contributed by atoms with Gasteiger partial charge in [0.1, 0.15) is 11.9 Å². The third kappa shape index (κ3) is 3.99. The summed E-state index contributed by atoms with van der Waals surface area (Å²) >= 11 is 0. The molecule has 1 aromatic rings. The third-order valence-corrected chi connectivity index (χ3v) is 6.25. The summed E-state index contributed by atoms with van der Waals surface area (Å²) in [5.74, 6) is 1.87. The number of benzene rings is 1. The molecular formula is C16H24N4O3S. The average molecular weight is 352 g/mol. The van der Waals surface area contributed by atoms with Gasteiger partial charge in [0, 0.05) is 33.1 Å². The molecule has 7 nitrogen and oxygen atoms in total. The molecule has 2 aliphatic rings. The van der Waals surface area contributed by atoms with Crippen LogP contribution in [0.2, 0.25) is 0 Å². The molecule has 2 N–H and O–H groups in total. The quantitative estimate of drug-likeness (QED) is 0.584. The van der Waals surface area contributed by atoms with Crippen molar-refractivity contribution < 1.29 is 13.2 Å². The van der Waals surface area contributed by atoms with Crippen LogP contribution in [0.5, 0.6) is 5.75 Å². The number of hydrogen-bond donors (Lipinski definition) is 2. The molecule has 1 aromatic carbocycles. The minimum absolute atomic E-state index is 0.0832. The molecule has 1 atom stereocenters. The molecule has 1 saturated heterocycles. The summed E-state index contributed by atoms with van der Waals surface area (Å²) in [6.07, 6.45) is 1.68. The van der Waals surface area contributed by atoms with E-state index < -0.39 is 10.0 Å². The van der Waals surface area contributed by atoms with Gasteiger partial charge in [-0.1, -0.05) is 18.2 Å². The lowest BCUT2D eigenvalue weighted by Crippen LogP contribution is -2.44. The molecule has 0 spiro atoms. The molecule has 1 unspecified atom stereocenters. The Bertz CT molecular complexity index is 680. The van der Waals surface area contributed by atoms with E-state index in [1.54, 1.807) is 7.05 Å². The Morgan fingerprint density at radius 1 is 1.38 bits per heavy atom. The van der Waals surface area contributed by atoms with Gasteiger partial charge in [0.05, 0.1) is 12.3 Å². The maximum Gasteiger partial charge on any atom is 0.214 e. The van der Waals surface area contributed by atoms with Crippen molar-refractivity contribution in [1.82, 2.24) is 14.9 Å². The average Bonchev–Trinajstić information content (AvgIpc) is 3.13. The van der Waals surface area contributed by atoms with Crippen LogP contribution >= 0.6 is 0 Å². The number of ether oxygens (including phenoxy) is 1. The second-order valence-corrected chi connectivity index (χ2v) is 8.09. The number of aliphatic imine (C=N–C) groups is 1. The van der Waals surface area contributed by atoms with E-state index in [4.69, 9.17) is 4.74 Å². The SMILES string of the molecule is CN=C(NCCN1CCCS1(=O)=O)NCC1Cc2ccccc2O1. The lowest BCUT2D eigenvalue weighted by Gasteiger charge is -2.18. The standard InChI is InChI=1S/C16H24N4O3S/c1-17-16(18-7-9-20-8-4-10-24(20,21)22)19-12-14-11-13-5-2-3-6-15(13)23-14/h2-3,5-6,14H,4,7-12H2,1H3,(H2,17,18,19). The normalized spacial score (nSPS) is 22.9. The summed E-state index contributed by atoms with van der Waals surface area (Å²) in [7, 11) is -1.33. The lowest BCUT2D eigenvalue weighted by atomic mass is 10.1. The number of hydrogen-bond acceptors (Lipinski definition) is 4.